The van der Waals surface area contributed by atoms with Crippen molar-refractivity contribution in [1.29, 1.82) is 0 Å². The molecule has 0 unspecified atom stereocenters. The Labute approximate surface area is 92.4 Å². The second kappa shape index (κ2) is 4.19. The SMILES string of the molecule is CC1=C(c2ccccc2C)CCN(C)C1. The summed E-state index contributed by atoms with van der Waals surface area (Å²) in [7, 11) is 2.19. The van der Waals surface area contributed by atoms with Crippen LogP contribution in [0, 0.1) is 6.92 Å². The summed E-state index contributed by atoms with van der Waals surface area (Å²) >= 11 is 0. The Morgan fingerprint density at radius 1 is 1.13 bits per heavy atom. The molecule has 0 spiro atoms. The highest BCUT2D eigenvalue weighted by Gasteiger charge is 2.15. The number of rotatable bonds is 1. The number of hydrogen-bond donors (Lipinski definition) is 0. The number of aryl methyl sites for hydroxylation is 1. The fourth-order valence-electron chi connectivity index (χ4n) is 2.37. The Morgan fingerprint density at radius 3 is 2.53 bits per heavy atom. The number of benzene rings is 1. The molecule has 15 heavy (non-hydrogen) atoms. The van der Waals surface area contributed by atoms with Crippen molar-refractivity contribution >= 4 is 5.57 Å². The Hall–Kier alpha value is -1.08. The maximum Gasteiger partial charge on any atom is 0.0193 e. The van der Waals surface area contributed by atoms with Crippen LogP contribution in [0.2, 0.25) is 0 Å². The zero-order valence-electron chi connectivity index (χ0n) is 9.88. The molecule has 80 valence electrons. The highest BCUT2D eigenvalue weighted by atomic mass is 15.1. The lowest BCUT2D eigenvalue weighted by Gasteiger charge is -2.27. The summed E-state index contributed by atoms with van der Waals surface area (Å²) in [4.78, 5) is 2.39. The van der Waals surface area contributed by atoms with Crippen molar-refractivity contribution in [3.05, 3.63) is 41.0 Å². The molecule has 1 heterocycles. The molecule has 0 amide bonds. The van der Waals surface area contributed by atoms with E-state index in [0.717, 1.165) is 6.54 Å². The fraction of sp³-hybridized carbons (Fsp3) is 0.429. The molecule has 2 rings (SSSR count). The molecule has 0 fully saturated rings. The summed E-state index contributed by atoms with van der Waals surface area (Å²) in [6.07, 6.45) is 1.19. The maximum atomic E-state index is 2.39. The van der Waals surface area contributed by atoms with E-state index in [4.69, 9.17) is 0 Å². The predicted molar refractivity (Wildman–Crippen MR) is 65.9 cm³/mol. The van der Waals surface area contributed by atoms with Gasteiger partial charge < -0.3 is 4.90 Å². The Morgan fingerprint density at radius 2 is 1.87 bits per heavy atom. The molecule has 0 radical (unpaired) electrons. The van der Waals surface area contributed by atoms with Gasteiger partial charge in [-0.15, -0.1) is 0 Å². The quantitative estimate of drug-likeness (QED) is 0.675. The van der Waals surface area contributed by atoms with Gasteiger partial charge in [0, 0.05) is 13.1 Å². The minimum Gasteiger partial charge on any atom is -0.302 e. The minimum atomic E-state index is 1.11. The van der Waals surface area contributed by atoms with Gasteiger partial charge in [0.15, 0.2) is 0 Å². The van der Waals surface area contributed by atoms with Crippen LogP contribution in [-0.4, -0.2) is 25.0 Å². The average Bonchev–Trinajstić information content (AvgIpc) is 2.20. The van der Waals surface area contributed by atoms with E-state index in [0.29, 0.717) is 0 Å². The van der Waals surface area contributed by atoms with Gasteiger partial charge in [0.25, 0.3) is 0 Å². The van der Waals surface area contributed by atoms with Gasteiger partial charge >= 0.3 is 0 Å². The Kier molecular flexibility index (Phi) is 2.92. The monoisotopic (exact) mass is 201 g/mol. The van der Waals surface area contributed by atoms with E-state index in [-0.39, 0.29) is 0 Å². The molecule has 0 saturated carbocycles. The first-order chi connectivity index (χ1) is 7.18. The van der Waals surface area contributed by atoms with E-state index in [1.165, 1.54) is 29.7 Å². The topological polar surface area (TPSA) is 3.24 Å². The summed E-state index contributed by atoms with van der Waals surface area (Å²) in [5.41, 5.74) is 5.93. The molecule has 1 heteroatoms. The van der Waals surface area contributed by atoms with E-state index >= 15 is 0 Å². The number of likely N-dealkylation sites (N-methyl/N-ethyl adjacent to an activating group) is 1. The van der Waals surface area contributed by atoms with Crippen LogP contribution in [0.4, 0.5) is 0 Å². The molecule has 0 bridgehead atoms. The van der Waals surface area contributed by atoms with E-state index in [2.05, 4.69) is 50.1 Å². The van der Waals surface area contributed by atoms with Crippen molar-refractivity contribution in [2.75, 3.05) is 20.1 Å². The average molecular weight is 201 g/mol. The molecule has 0 atom stereocenters. The lowest BCUT2D eigenvalue weighted by atomic mass is 9.92. The number of nitrogens with zero attached hydrogens (tertiary/aromatic N) is 1. The lowest BCUT2D eigenvalue weighted by molar-refractivity contribution is 0.359. The summed E-state index contributed by atoms with van der Waals surface area (Å²) in [5, 5.41) is 0. The molecule has 1 aromatic carbocycles. The van der Waals surface area contributed by atoms with Crippen LogP contribution in [-0.2, 0) is 0 Å². The third-order valence-electron chi connectivity index (χ3n) is 3.24. The summed E-state index contributed by atoms with van der Waals surface area (Å²) in [6, 6.07) is 8.71. The zero-order chi connectivity index (χ0) is 10.8. The van der Waals surface area contributed by atoms with Gasteiger partial charge in [0.1, 0.15) is 0 Å². The summed E-state index contributed by atoms with van der Waals surface area (Å²) in [5.74, 6) is 0. The van der Waals surface area contributed by atoms with Crippen LogP contribution in [0.5, 0.6) is 0 Å². The molecule has 1 aromatic rings. The second-order valence-corrected chi connectivity index (χ2v) is 4.56. The first-order valence-electron chi connectivity index (χ1n) is 5.61. The molecule has 0 N–H and O–H groups in total. The van der Waals surface area contributed by atoms with Gasteiger partial charge in [0.2, 0.25) is 0 Å². The van der Waals surface area contributed by atoms with Crippen molar-refractivity contribution < 1.29 is 0 Å². The van der Waals surface area contributed by atoms with Gasteiger partial charge in [-0.05, 0) is 44.0 Å². The normalized spacial score (nSPS) is 18.3. The molecule has 1 aliphatic rings. The molecular formula is C14H19N. The van der Waals surface area contributed by atoms with E-state index in [1.54, 1.807) is 5.57 Å². The smallest absolute Gasteiger partial charge is 0.0193 e. The van der Waals surface area contributed by atoms with Crippen LogP contribution in [0.1, 0.15) is 24.5 Å². The molecule has 0 aromatic heterocycles. The third-order valence-corrected chi connectivity index (χ3v) is 3.24. The first kappa shape index (κ1) is 10.4. The zero-order valence-corrected chi connectivity index (χ0v) is 9.88. The highest BCUT2D eigenvalue weighted by Crippen LogP contribution is 2.28. The van der Waals surface area contributed by atoms with Crippen LogP contribution < -0.4 is 0 Å². The largest absolute Gasteiger partial charge is 0.302 e. The van der Waals surface area contributed by atoms with E-state index in [1.807, 2.05) is 0 Å². The van der Waals surface area contributed by atoms with Crippen molar-refractivity contribution in [3.63, 3.8) is 0 Å². The van der Waals surface area contributed by atoms with Crippen LogP contribution in [0.25, 0.3) is 5.57 Å². The number of hydrogen-bond acceptors (Lipinski definition) is 1. The Bertz CT molecular complexity index is 390. The first-order valence-corrected chi connectivity index (χ1v) is 5.61. The maximum absolute atomic E-state index is 2.39. The van der Waals surface area contributed by atoms with Crippen molar-refractivity contribution in [1.82, 2.24) is 4.90 Å². The van der Waals surface area contributed by atoms with Gasteiger partial charge in [-0.25, -0.2) is 0 Å². The second-order valence-electron chi connectivity index (χ2n) is 4.56. The fourth-order valence-corrected chi connectivity index (χ4v) is 2.37. The molecule has 0 aliphatic carbocycles. The van der Waals surface area contributed by atoms with Crippen molar-refractivity contribution in [3.8, 4) is 0 Å². The molecule has 0 saturated heterocycles. The predicted octanol–water partition coefficient (Wildman–Crippen LogP) is 3.10. The lowest BCUT2D eigenvalue weighted by Crippen LogP contribution is -2.26. The van der Waals surface area contributed by atoms with Gasteiger partial charge in [-0.2, -0.15) is 0 Å². The van der Waals surface area contributed by atoms with Crippen LogP contribution in [0.3, 0.4) is 0 Å². The standard InChI is InChI=1S/C14H19N/c1-11-6-4-5-7-13(11)14-8-9-15(3)10-12(14)2/h4-7H,8-10H2,1-3H3. The van der Waals surface area contributed by atoms with E-state index < -0.39 is 0 Å². The molecule has 1 aliphatic heterocycles. The van der Waals surface area contributed by atoms with Crippen LogP contribution in [0.15, 0.2) is 29.8 Å². The van der Waals surface area contributed by atoms with Gasteiger partial charge in [-0.1, -0.05) is 29.8 Å². The highest BCUT2D eigenvalue weighted by molar-refractivity contribution is 5.71. The summed E-state index contributed by atoms with van der Waals surface area (Å²) in [6.45, 7) is 6.76. The van der Waals surface area contributed by atoms with E-state index in [9.17, 15) is 0 Å². The summed E-state index contributed by atoms with van der Waals surface area (Å²) < 4.78 is 0. The van der Waals surface area contributed by atoms with Crippen molar-refractivity contribution in [2.45, 2.75) is 20.3 Å². The molecular weight excluding hydrogens is 182 g/mol. The van der Waals surface area contributed by atoms with Crippen LogP contribution >= 0.6 is 0 Å². The third kappa shape index (κ3) is 2.13. The molecule has 1 nitrogen and oxygen atoms in total. The van der Waals surface area contributed by atoms with Crippen molar-refractivity contribution in [2.24, 2.45) is 0 Å². The Balaban J connectivity index is 2.39. The van der Waals surface area contributed by atoms with Gasteiger partial charge in [0.05, 0.1) is 0 Å². The minimum absolute atomic E-state index is 1.11. The van der Waals surface area contributed by atoms with Gasteiger partial charge in [-0.3, -0.25) is 0 Å².